The van der Waals surface area contributed by atoms with Gasteiger partial charge >= 0.3 is 6.85 Å². The Morgan fingerprint density at radius 1 is 0.480 bits per heavy atom. The van der Waals surface area contributed by atoms with Crippen LogP contribution in [0.25, 0.3) is 5.57 Å². The lowest BCUT2D eigenvalue weighted by Crippen LogP contribution is -2.59. The van der Waals surface area contributed by atoms with E-state index in [2.05, 4.69) is 301 Å². The fourth-order valence-electron chi connectivity index (χ4n) is 13.2. The molecular weight excluding hydrogens is 906 g/mol. The molecule has 368 valence electrons. The molecule has 8 aromatic rings. The largest absolute Gasteiger partial charge is 0.376 e. The van der Waals surface area contributed by atoms with Gasteiger partial charge in [0.15, 0.2) is 0 Å². The molecule has 0 radical (unpaired) electrons. The van der Waals surface area contributed by atoms with E-state index in [0.29, 0.717) is 0 Å². The molecule has 75 heavy (non-hydrogen) atoms. The number of nitrogens with zero attached hydrogens (tertiary/aromatic N) is 3. The molecule has 0 amide bonds. The van der Waals surface area contributed by atoms with E-state index in [1.807, 2.05) is 0 Å². The third-order valence-electron chi connectivity index (χ3n) is 16.9. The molecule has 2 atom stereocenters. The van der Waals surface area contributed by atoms with Crippen molar-refractivity contribution in [3.63, 3.8) is 0 Å². The molecule has 2 unspecified atom stereocenters. The van der Waals surface area contributed by atoms with Crippen molar-refractivity contribution in [1.29, 1.82) is 0 Å². The van der Waals surface area contributed by atoms with Gasteiger partial charge in [0.1, 0.15) is 0 Å². The first-order chi connectivity index (χ1) is 36.1. The SMILES string of the molecule is CC(C)(C)c1ccc(N2B3C4=C(c5cc(N(c6ccc(C(C)(C)C)cc6)c6ccc(C(C)(C)C)cc6)ccc52)C2C=CC=CC2C=C4N2c4ccccc4C(c4ccccc4)(c4ccccc4)c4cccc3c42)cc1. The van der Waals surface area contributed by atoms with Crippen molar-refractivity contribution in [3.8, 4) is 0 Å². The maximum atomic E-state index is 2.70. The van der Waals surface area contributed by atoms with E-state index in [-0.39, 0.29) is 34.9 Å². The molecule has 0 spiro atoms. The van der Waals surface area contributed by atoms with Crippen molar-refractivity contribution in [2.75, 3.05) is 14.6 Å². The summed E-state index contributed by atoms with van der Waals surface area (Å²) in [6.07, 6.45) is 12.1. The first kappa shape index (κ1) is 46.9. The Morgan fingerprint density at radius 2 is 1.00 bits per heavy atom. The molecule has 0 aromatic heterocycles. The van der Waals surface area contributed by atoms with Crippen molar-refractivity contribution in [1.82, 2.24) is 0 Å². The standard InChI is InChI=1S/C71H66BN3/c1-68(2,3)48-31-37-53(38-32-48)73(54-39-33-49(34-40-54)69(4,5)6)56-43-44-62-58(46-56)65-57-26-17-16-21-47(57)45-64-66(65)72(75(62)55-41-35-50(36-42-55)70(7,8)9)61-29-20-28-60-67(61)74(64)63-30-19-18-27-59(63)71(60,51-22-12-10-13-23-51)52-24-14-11-15-25-52/h10-47,57H,1-9H3. The van der Waals surface area contributed by atoms with Crippen LogP contribution in [0.2, 0.25) is 0 Å². The molecule has 0 fully saturated rings. The Balaban J connectivity index is 1.12. The summed E-state index contributed by atoms with van der Waals surface area (Å²) in [5, 5.41) is 0. The number of hydrogen-bond acceptors (Lipinski definition) is 3. The van der Waals surface area contributed by atoms with Crippen LogP contribution in [0.5, 0.6) is 0 Å². The Bertz CT molecular complexity index is 3560. The van der Waals surface area contributed by atoms with E-state index < -0.39 is 5.41 Å². The average Bonchev–Trinajstić information content (AvgIpc) is 3.42. The number of hydrogen-bond donors (Lipinski definition) is 0. The van der Waals surface area contributed by atoms with E-state index in [4.69, 9.17) is 0 Å². The third kappa shape index (κ3) is 7.31. The van der Waals surface area contributed by atoms with Crippen LogP contribution in [-0.2, 0) is 21.7 Å². The smallest absolute Gasteiger partial charge is 0.332 e. The second-order valence-electron chi connectivity index (χ2n) is 24.5. The van der Waals surface area contributed by atoms with Gasteiger partial charge in [-0.25, -0.2) is 0 Å². The molecule has 8 aromatic carbocycles. The van der Waals surface area contributed by atoms with Crippen LogP contribution in [0.3, 0.4) is 0 Å². The zero-order valence-corrected chi connectivity index (χ0v) is 44.9. The number of allylic oxidation sites excluding steroid dienone is 7. The van der Waals surface area contributed by atoms with Crippen LogP contribution in [-0.4, -0.2) is 6.85 Å². The van der Waals surface area contributed by atoms with Gasteiger partial charge in [0, 0.05) is 57.2 Å². The van der Waals surface area contributed by atoms with Gasteiger partial charge in [0.25, 0.3) is 0 Å². The van der Waals surface area contributed by atoms with E-state index in [1.165, 1.54) is 89.5 Å². The highest BCUT2D eigenvalue weighted by molar-refractivity contribution is 6.88. The monoisotopic (exact) mass is 972 g/mol. The number of anilines is 7. The first-order valence-electron chi connectivity index (χ1n) is 27.1. The lowest BCUT2D eigenvalue weighted by molar-refractivity contribution is 0.590. The van der Waals surface area contributed by atoms with Crippen molar-refractivity contribution >= 4 is 57.7 Å². The maximum Gasteiger partial charge on any atom is 0.332 e. The Kier molecular flexibility index (Phi) is 10.7. The number of rotatable bonds is 6. The number of para-hydroxylation sites is 2. The fraction of sp³-hybridized carbons (Fsp3) is 0.211. The highest BCUT2D eigenvalue weighted by Crippen LogP contribution is 2.62. The zero-order chi connectivity index (χ0) is 51.6. The third-order valence-corrected chi connectivity index (χ3v) is 16.9. The van der Waals surface area contributed by atoms with Crippen LogP contribution < -0.4 is 20.1 Å². The second kappa shape index (κ2) is 17.1. The molecule has 3 aliphatic heterocycles. The summed E-state index contributed by atoms with van der Waals surface area (Å²) in [6, 6.07) is 74.4. The van der Waals surface area contributed by atoms with E-state index >= 15 is 0 Å². The number of benzene rings is 8. The molecule has 5 aliphatic rings. The Hall–Kier alpha value is -7.82. The minimum Gasteiger partial charge on any atom is -0.376 e. The lowest BCUT2D eigenvalue weighted by atomic mass is 9.39. The summed E-state index contributed by atoms with van der Waals surface area (Å²) < 4.78 is 0. The first-order valence-corrected chi connectivity index (χ1v) is 27.1. The van der Waals surface area contributed by atoms with E-state index in [9.17, 15) is 0 Å². The highest BCUT2D eigenvalue weighted by atomic mass is 15.2. The van der Waals surface area contributed by atoms with Gasteiger partial charge in [0.05, 0.1) is 11.1 Å². The fourth-order valence-corrected chi connectivity index (χ4v) is 13.2. The van der Waals surface area contributed by atoms with Gasteiger partial charge in [-0.2, -0.15) is 0 Å². The quantitative estimate of drug-likeness (QED) is 0.154. The van der Waals surface area contributed by atoms with Crippen LogP contribution in [0.4, 0.5) is 39.8 Å². The molecule has 3 nitrogen and oxygen atoms in total. The van der Waals surface area contributed by atoms with E-state index in [0.717, 1.165) is 17.1 Å². The predicted molar refractivity (Wildman–Crippen MR) is 318 cm³/mol. The van der Waals surface area contributed by atoms with Crippen LogP contribution >= 0.6 is 0 Å². The van der Waals surface area contributed by atoms with Gasteiger partial charge in [-0.05, 0) is 132 Å². The molecule has 2 aliphatic carbocycles. The van der Waals surface area contributed by atoms with Crippen LogP contribution in [0.1, 0.15) is 107 Å². The Morgan fingerprint density at radius 3 is 1.59 bits per heavy atom. The molecule has 0 bridgehead atoms. The Labute approximate surface area is 446 Å². The summed E-state index contributed by atoms with van der Waals surface area (Å²) in [6.45, 7) is 20.6. The highest BCUT2D eigenvalue weighted by Gasteiger charge is 2.55. The van der Waals surface area contributed by atoms with Crippen LogP contribution in [0, 0.1) is 11.8 Å². The van der Waals surface area contributed by atoms with Crippen LogP contribution in [0.15, 0.2) is 236 Å². The van der Waals surface area contributed by atoms with E-state index in [1.54, 1.807) is 0 Å². The minimum absolute atomic E-state index is 0.00707. The van der Waals surface area contributed by atoms with Crippen molar-refractivity contribution in [3.05, 3.63) is 280 Å². The van der Waals surface area contributed by atoms with Crippen molar-refractivity contribution < 1.29 is 0 Å². The minimum atomic E-state index is -0.587. The molecule has 3 heterocycles. The maximum absolute atomic E-state index is 2.70. The molecule has 0 saturated carbocycles. The normalized spacial score (nSPS) is 17.9. The average molecular weight is 972 g/mol. The summed E-state index contributed by atoms with van der Waals surface area (Å²) >= 11 is 0. The lowest BCUT2D eigenvalue weighted by Gasteiger charge is -2.55. The summed E-state index contributed by atoms with van der Waals surface area (Å²) in [5.74, 6) is 0.291. The predicted octanol–water partition coefficient (Wildman–Crippen LogP) is 17.5. The zero-order valence-electron chi connectivity index (χ0n) is 44.9. The molecule has 0 N–H and O–H groups in total. The summed E-state index contributed by atoms with van der Waals surface area (Å²) in [7, 11) is 0. The van der Waals surface area contributed by atoms with Gasteiger partial charge in [-0.3, -0.25) is 0 Å². The topological polar surface area (TPSA) is 9.72 Å². The molecule has 4 heteroatoms. The van der Waals surface area contributed by atoms with Gasteiger partial charge in [-0.1, -0.05) is 226 Å². The van der Waals surface area contributed by atoms with Crippen molar-refractivity contribution in [2.24, 2.45) is 11.8 Å². The number of fused-ring (bicyclic) bond motifs is 8. The van der Waals surface area contributed by atoms with Gasteiger partial charge in [-0.15, -0.1) is 0 Å². The van der Waals surface area contributed by atoms with Crippen molar-refractivity contribution in [2.45, 2.75) is 84.0 Å². The van der Waals surface area contributed by atoms with Gasteiger partial charge in [0.2, 0.25) is 0 Å². The molecular formula is C71H66BN3. The molecule has 13 rings (SSSR count). The summed E-state index contributed by atoms with van der Waals surface area (Å²) in [4.78, 5) is 7.85. The molecule has 0 saturated heterocycles. The van der Waals surface area contributed by atoms with Gasteiger partial charge < -0.3 is 14.6 Å². The summed E-state index contributed by atoms with van der Waals surface area (Å²) in [5.41, 5.74) is 23.5. The second-order valence-corrected chi connectivity index (χ2v) is 24.5.